The van der Waals surface area contributed by atoms with Gasteiger partial charge in [0.05, 0.1) is 12.1 Å². The van der Waals surface area contributed by atoms with Crippen LogP contribution in [0.25, 0.3) is 11.0 Å². The number of rotatable bonds is 4. The molecule has 0 atom stereocenters. The Labute approximate surface area is 151 Å². The normalized spacial score (nSPS) is 10.8. The van der Waals surface area contributed by atoms with E-state index in [-0.39, 0.29) is 18.4 Å². The molecule has 1 N–H and O–H groups in total. The van der Waals surface area contributed by atoms with Gasteiger partial charge >= 0.3 is 0 Å². The second-order valence-electron chi connectivity index (χ2n) is 6.44. The zero-order valence-electron chi connectivity index (χ0n) is 15.3. The van der Waals surface area contributed by atoms with Crippen molar-refractivity contribution in [1.82, 2.24) is 19.9 Å². The van der Waals surface area contributed by atoms with Crippen LogP contribution in [0.1, 0.15) is 21.5 Å². The molecule has 0 radical (unpaired) electrons. The van der Waals surface area contributed by atoms with E-state index in [2.05, 4.69) is 15.6 Å². The highest BCUT2D eigenvalue weighted by atomic mass is 16.2. The summed E-state index contributed by atoms with van der Waals surface area (Å²) in [4.78, 5) is 26.3. The van der Waals surface area contributed by atoms with Crippen molar-refractivity contribution < 1.29 is 9.59 Å². The van der Waals surface area contributed by atoms with Gasteiger partial charge in [0.2, 0.25) is 5.91 Å². The summed E-state index contributed by atoms with van der Waals surface area (Å²) in [5.74, 6) is -0.485. The Hall–Kier alpha value is -3.22. The number of aromatic nitrogens is 3. The number of hydrogen-bond donors (Lipinski definition) is 1. The fraction of sp³-hybridized carbons (Fsp3) is 0.263. The average molecular weight is 351 g/mol. The minimum Gasteiger partial charge on any atom is -0.332 e. The minimum absolute atomic E-state index is 0.0370. The van der Waals surface area contributed by atoms with Crippen molar-refractivity contribution in [3.8, 4) is 0 Å². The highest BCUT2D eigenvalue weighted by molar-refractivity contribution is 6.01. The molecule has 1 heterocycles. The van der Waals surface area contributed by atoms with Gasteiger partial charge < -0.3 is 10.2 Å². The van der Waals surface area contributed by atoms with Crippen LogP contribution in [-0.2, 0) is 11.8 Å². The molecule has 1 aromatic heterocycles. The van der Waals surface area contributed by atoms with Gasteiger partial charge in [0, 0.05) is 25.3 Å². The standard InChI is InChI=1S/C19H21N5O2/c1-12-5-7-15(13(2)9-12)20-18(25)11-23(3)19(26)14-6-8-17-16(10-14)21-22-24(17)4/h5-10H,11H2,1-4H3,(H,20,25). The first-order chi connectivity index (χ1) is 12.3. The number of anilines is 1. The van der Waals surface area contributed by atoms with E-state index in [1.807, 2.05) is 32.0 Å². The molecule has 0 spiro atoms. The molecule has 3 aromatic rings. The Morgan fingerprint density at radius 2 is 1.92 bits per heavy atom. The molecule has 0 fully saturated rings. The Kier molecular flexibility index (Phi) is 4.71. The highest BCUT2D eigenvalue weighted by Crippen LogP contribution is 2.16. The summed E-state index contributed by atoms with van der Waals surface area (Å²) in [6, 6.07) is 11.0. The maximum atomic E-state index is 12.6. The number of nitrogens with zero attached hydrogens (tertiary/aromatic N) is 4. The van der Waals surface area contributed by atoms with Crippen molar-refractivity contribution in [2.24, 2.45) is 7.05 Å². The predicted octanol–water partition coefficient (Wildman–Crippen LogP) is 2.30. The van der Waals surface area contributed by atoms with Crippen LogP contribution in [0.4, 0.5) is 5.69 Å². The number of aryl methyl sites for hydroxylation is 3. The molecule has 2 amide bonds. The van der Waals surface area contributed by atoms with Gasteiger partial charge in [-0.1, -0.05) is 22.9 Å². The smallest absolute Gasteiger partial charge is 0.254 e. The van der Waals surface area contributed by atoms with Crippen molar-refractivity contribution in [1.29, 1.82) is 0 Å². The zero-order valence-corrected chi connectivity index (χ0v) is 15.3. The van der Waals surface area contributed by atoms with Gasteiger partial charge in [-0.3, -0.25) is 9.59 Å². The third-order valence-corrected chi connectivity index (χ3v) is 4.24. The number of likely N-dealkylation sites (N-methyl/N-ethyl adjacent to an activating group) is 1. The van der Waals surface area contributed by atoms with Gasteiger partial charge in [0.1, 0.15) is 5.52 Å². The summed E-state index contributed by atoms with van der Waals surface area (Å²) in [5.41, 5.74) is 4.83. The number of amides is 2. The van der Waals surface area contributed by atoms with Crippen molar-refractivity contribution >= 4 is 28.5 Å². The monoisotopic (exact) mass is 351 g/mol. The SMILES string of the molecule is Cc1ccc(NC(=O)CN(C)C(=O)c2ccc3c(c2)nnn3C)c(C)c1. The van der Waals surface area contributed by atoms with Crippen molar-refractivity contribution in [2.75, 3.05) is 18.9 Å². The lowest BCUT2D eigenvalue weighted by atomic mass is 10.1. The Bertz CT molecular complexity index is 993. The van der Waals surface area contributed by atoms with Crippen LogP contribution in [0.5, 0.6) is 0 Å². The molecule has 3 rings (SSSR count). The summed E-state index contributed by atoms with van der Waals surface area (Å²) in [5, 5.41) is 10.8. The molecule has 7 heteroatoms. The van der Waals surface area contributed by atoms with Gasteiger partial charge in [0.15, 0.2) is 0 Å². The lowest BCUT2D eigenvalue weighted by molar-refractivity contribution is -0.116. The van der Waals surface area contributed by atoms with E-state index in [1.165, 1.54) is 4.90 Å². The molecule has 0 aliphatic heterocycles. The van der Waals surface area contributed by atoms with Crippen LogP contribution in [0.15, 0.2) is 36.4 Å². The molecule has 7 nitrogen and oxygen atoms in total. The quantitative estimate of drug-likeness (QED) is 0.782. The Morgan fingerprint density at radius 3 is 2.65 bits per heavy atom. The number of fused-ring (bicyclic) bond motifs is 1. The molecule has 0 bridgehead atoms. The third-order valence-electron chi connectivity index (χ3n) is 4.24. The summed E-state index contributed by atoms with van der Waals surface area (Å²) >= 11 is 0. The molecule has 0 saturated heterocycles. The van der Waals surface area contributed by atoms with Crippen LogP contribution in [0, 0.1) is 13.8 Å². The first kappa shape index (κ1) is 17.6. The number of carbonyl (C=O) groups excluding carboxylic acids is 2. The van der Waals surface area contributed by atoms with Gasteiger partial charge in [-0.2, -0.15) is 0 Å². The fourth-order valence-corrected chi connectivity index (χ4v) is 2.82. The molecule has 0 aliphatic rings. The van der Waals surface area contributed by atoms with E-state index < -0.39 is 0 Å². The summed E-state index contributed by atoms with van der Waals surface area (Å²) in [7, 11) is 3.39. The van der Waals surface area contributed by atoms with E-state index in [4.69, 9.17) is 0 Å². The van der Waals surface area contributed by atoms with E-state index in [0.29, 0.717) is 11.1 Å². The number of carbonyl (C=O) groups is 2. The first-order valence-electron chi connectivity index (χ1n) is 8.27. The van der Waals surface area contributed by atoms with Gasteiger partial charge in [-0.25, -0.2) is 4.68 Å². The largest absolute Gasteiger partial charge is 0.332 e. The summed E-state index contributed by atoms with van der Waals surface area (Å²) in [6.45, 7) is 3.90. The Morgan fingerprint density at radius 1 is 1.15 bits per heavy atom. The van der Waals surface area contributed by atoms with Gasteiger partial charge in [-0.15, -0.1) is 5.10 Å². The molecule has 134 valence electrons. The topological polar surface area (TPSA) is 80.1 Å². The van der Waals surface area contributed by atoms with Crippen molar-refractivity contribution in [3.63, 3.8) is 0 Å². The van der Waals surface area contributed by atoms with Crippen LogP contribution in [0.2, 0.25) is 0 Å². The minimum atomic E-state index is -0.242. The lowest BCUT2D eigenvalue weighted by Gasteiger charge is -2.17. The number of hydrogen-bond acceptors (Lipinski definition) is 4. The van der Waals surface area contributed by atoms with Crippen LogP contribution in [-0.4, -0.2) is 45.3 Å². The molecular weight excluding hydrogens is 330 g/mol. The molecule has 0 aliphatic carbocycles. The second-order valence-corrected chi connectivity index (χ2v) is 6.44. The number of nitrogens with one attached hydrogen (secondary N) is 1. The Balaban J connectivity index is 1.68. The maximum absolute atomic E-state index is 12.6. The maximum Gasteiger partial charge on any atom is 0.254 e. The van der Waals surface area contributed by atoms with Crippen LogP contribution < -0.4 is 5.32 Å². The first-order valence-corrected chi connectivity index (χ1v) is 8.27. The van der Waals surface area contributed by atoms with E-state index >= 15 is 0 Å². The van der Waals surface area contributed by atoms with Crippen LogP contribution in [0.3, 0.4) is 0 Å². The summed E-state index contributed by atoms with van der Waals surface area (Å²) < 4.78 is 1.64. The second kappa shape index (κ2) is 6.95. The lowest BCUT2D eigenvalue weighted by Crippen LogP contribution is -2.35. The predicted molar refractivity (Wildman–Crippen MR) is 100 cm³/mol. The zero-order chi connectivity index (χ0) is 18.8. The molecule has 26 heavy (non-hydrogen) atoms. The average Bonchev–Trinajstić information content (AvgIpc) is 2.97. The van der Waals surface area contributed by atoms with Gasteiger partial charge in [0.25, 0.3) is 5.91 Å². The van der Waals surface area contributed by atoms with E-state index in [9.17, 15) is 9.59 Å². The molecule has 0 unspecified atom stereocenters. The van der Waals surface area contributed by atoms with E-state index in [0.717, 1.165) is 22.3 Å². The van der Waals surface area contributed by atoms with Crippen molar-refractivity contribution in [3.05, 3.63) is 53.1 Å². The van der Waals surface area contributed by atoms with Crippen LogP contribution >= 0.6 is 0 Å². The van der Waals surface area contributed by atoms with Gasteiger partial charge in [-0.05, 0) is 43.7 Å². The molecular formula is C19H21N5O2. The molecule has 0 saturated carbocycles. The fourth-order valence-electron chi connectivity index (χ4n) is 2.82. The van der Waals surface area contributed by atoms with E-state index in [1.54, 1.807) is 37.0 Å². The summed E-state index contributed by atoms with van der Waals surface area (Å²) in [6.07, 6.45) is 0. The molecule has 2 aromatic carbocycles. The number of benzene rings is 2. The highest BCUT2D eigenvalue weighted by Gasteiger charge is 2.17. The van der Waals surface area contributed by atoms with Crippen molar-refractivity contribution in [2.45, 2.75) is 13.8 Å². The third kappa shape index (κ3) is 3.56.